The van der Waals surface area contributed by atoms with Crippen molar-refractivity contribution in [3.8, 4) is 0 Å². The van der Waals surface area contributed by atoms with Crippen molar-refractivity contribution >= 4 is 5.97 Å². The minimum absolute atomic E-state index is 0.355. The third-order valence-corrected chi connectivity index (χ3v) is 1.94. The zero-order valence-electron chi connectivity index (χ0n) is 11.3. The lowest BCUT2D eigenvalue weighted by Gasteiger charge is -2.32. The van der Waals surface area contributed by atoms with Gasteiger partial charge in [0.25, 0.3) is 0 Å². The minimum Gasteiger partial charge on any atom is -0.443 e. The van der Waals surface area contributed by atoms with Crippen molar-refractivity contribution in [3.05, 3.63) is 12.2 Å². The van der Waals surface area contributed by atoms with E-state index in [1.54, 1.807) is 20.8 Å². The lowest BCUT2D eigenvalue weighted by molar-refractivity contribution is -0.255. The van der Waals surface area contributed by atoms with Gasteiger partial charge >= 0.3 is 5.97 Å². The summed E-state index contributed by atoms with van der Waals surface area (Å²) in [4.78, 5) is 11.3. The first-order chi connectivity index (χ1) is 7.84. The molecule has 0 fully saturated rings. The van der Waals surface area contributed by atoms with Crippen LogP contribution in [-0.2, 0) is 19.0 Å². The molecular weight excluding hydrogens is 222 g/mol. The summed E-state index contributed by atoms with van der Waals surface area (Å²) < 4.78 is 16.0. The molecule has 0 aliphatic heterocycles. The predicted octanol–water partition coefficient (Wildman–Crippen LogP) is 1.79. The van der Waals surface area contributed by atoms with Gasteiger partial charge < -0.3 is 14.2 Å². The van der Waals surface area contributed by atoms with Crippen molar-refractivity contribution in [2.75, 3.05) is 13.2 Å². The van der Waals surface area contributed by atoms with E-state index < -0.39 is 18.1 Å². The van der Waals surface area contributed by atoms with E-state index in [9.17, 15) is 4.79 Å². The Hall–Kier alpha value is -0.910. The quantitative estimate of drug-likeness (QED) is 0.401. The first kappa shape index (κ1) is 16.1. The van der Waals surface area contributed by atoms with Crippen molar-refractivity contribution in [2.45, 2.75) is 46.8 Å². The first-order valence-corrected chi connectivity index (χ1v) is 5.76. The summed E-state index contributed by atoms with van der Waals surface area (Å²) >= 11 is 0. The molecular formula is C12H23NO4. The maximum Gasteiger partial charge on any atom is 0.334 e. The van der Waals surface area contributed by atoms with Crippen molar-refractivity contribution in [3.63, 3.8) is 0 Å². The van der Waals surface area contributed by atoms with E-state index in [4.69, 9.17) is 14.2 Å². The molecule has 0 aromatic heterocycles. The van der Waals surface area contributed by atoms with Crippen molar-refractivity contribution in [2.24, 2.45) is 0 Å². The van der Waals surface area contributed by atoms with Crippen molar-refractivity contribution < 1.29 is 19.0 Å². The van der Waals surface area contributed by atoms with Crippen LogP contribution in [0.3, 0.4) is 0 Å². The van der Waals surface area contributed by atoms with Gasteiger partial charge in [-0.25, -0.2) is 10.1 Å². The Labute approximate surface area is 103 Å². The van der Waals surface area contributed by atoms with E-state index in [-0.39, 0.29) is 0 Å². The summed E-state index contributed by atoms with van der Waals surface area (Å²) in [5.41, 5.74) is 0.355. The molecule has 0 bridgehead atoms. The molecule has 0 aromatic carbocycles. The number of carbonyl (C=O) groups excluding carboxylic acids is 1. The SMILES string of the molecule is C=C(C)C(=O)OC(C)NC(C)(OCC)OCC. The Morgan fingerprint density at radius 2 is 1.82 bits per heavy atom. The molecule has 0 rings (SSSR count). The molecule has 1 unspecified atom stereocenters. The average molecular weight is 245 g/mol. The molecule has 0 aromatic rings. The van der Waals surface area contributed by atoms with E-state index in [0.29, 0.717) is 18.8 Å². The molecule has 0 amide bonds. The molecule has 1 atom stereocenters. The van der Waals surface area contributed by atoms with Gasteiger partial charge in [0.2, 0.25) is 5.91 Å². The Morgan fingerprint density at radius 3 is 2.18 bits per heavy atom. The third-order valence-electron chi connectivity index (χ3n) is 1.94. The Kier molecular flexibility index (Phi) is 7.03. The molecule has 5 nitrogen and oxygen atoms in total. The van der Waals surface area contributed by atoms with Crippen molar-refractivity contribution in [1.82, 2.24) is 5.32 Å². The zero-order chi connectivity index (χ0) is 13.5. The number of carbonyl (C=O) groups is 1. The van der Waals surface area contributed by atoms with Crippen LogP contribution in [0.2, 0.25) is 0 Å². The second kappa shape index (κ2) is 7.42. The lowest BCUT2D eigenvalue weighted by atomic mass is 10.4. The number of rotatable bonds is 8. The Morgan fingerprint density at radius 1 is 1.35 bits per heavy atom. The van der Waals surface area contributed by atoms with E-state index in [1.807, 2.05) is 13.8 Å². The molecule has 5 heteroatoms. The van der Waals surface area contributed by atoms with Gasteiger partial charge in [0.1, 0.15) is 0 Å². The van der Waals surface area contributed by atoms with Crippen LogP contribution in [0, 0.1) is 0 Å². The maximum atomic E-state index is 11.3. The van der Waals surface area contributed by atoms with Gasteiger partial charge in [-0.05, 0) is 27.7 Å². The van der Waals surface area contributed by atoms with E-state index in [2.05, 4.69) is 11.9 Å². The molecule has 0 aliphatic rings. The fraction of sp³-hybridized carbons (Fsp3) is 0.750. The number of esters is 1. The van der Waals surface area contributed by atoms with Gasteiger partial charge in [-0.3, -0.25) is 0 Å². The highest BCUT2D eigenvalue weighted by Gasteiger charge is 2.28. The van der Waals surface area contributed by atoms with Crippen LogP contribution >= 0.6 is 0 Å². The molecule has 0 spiro atoms. The number of hydrogen-bond donors (Lipinski definition) is 1. The van der Waals surface area contributed by atoms with Crippen LogP contribution < -0.4 is 5.32 Å². The minimum atomic E-state index is -0.960. The van der Waals surface area contributed by atoms with Crippen LogP contribution in [0.25, 0.3) is 0 Å². The zero-order valence-corrected chi connectivity index (χ0v) is 11.3. The summed E-state index contributed by atoms with van der Waals surface area (Å²) in [6.07, 6.45) is -0.526. The highest BCUT2D eigenvalue weighted by Crippen LogP contribution is 2.10. The van der Waals surface area contributed by atoms with Crippen LogP contribution in [-0.4, -0.2) is 31.3 Å². The van der Waals surface area contributed by atoms with Gasteiger partial charge in [0.05, 0.1) is 0 Å². The van der Waals surface area contributed by atoms with Crippen LogP contribution in [0.15, 0.2) is 12.2 Å². The van der Waals surface area contributed by atoms with Gasteiger partial charge in [-0.2, -0.15) is 0 Å². The molecule has 100 valence electrons. The smallest absolute Gasteiger partial charge is 0.334 e. The summed E-state index contributed by atoms with van der Waals surface area (Å²) in [5, 5.41) is 2.95. The fourth-order valence-corrected chi connectivity index (χ4v) is 1.34. The standard InChI is InChI=1S/C12H23NO4/c1-7-15-12(6,16-8-2)13-10(5)17-11(14)9(3)4/h10,13H,3,7-8H2,1-2,4-6H3. The fourth-order valence-electron chi connectivity index (χ4n) is 1.34. The van der Waals surface area contributed by atoms with Gasteiger partial charge in [0.15, 0.2) is 6.23 Å². The van der Waals surface area contributed by atoms with E-state index in [0.717, 1.165) is 0 Å². The van der Waals surface area contributed by atoms with Gasteiger partial charge in [-0.15, -0.1) is 0 Å². The topological polar surface area (TPSA) is 56.8 Å². The number of nitrogens with one attached hydrogen (secondary N) is 1. The summed E-state index contributed by atoms with van der Waals surface area (Å²) in [6.45, 7) is 13.3. The molecule has 0 radical (unpaired) electrons. The highest BCUT2D eigenvalue weighted by atomic mass is 16.7. The highest BCUT2D eigenvalue weighted by molar-refractivity contribution is 5.87. The molecule has 0 aliphatic carbocycles. The average Bonchev–Trinajstić information content (AvgIpc) is 2.16. The monoisotopic (exact) mass is 245 g/mol. The summed E-state index contributed by atoms with van der Waals surface area (Å²) in [5.74, 6) is -1.40. The summed E-state index contributed by atoms with van der Waals surface area (Å²) in [6, 6.07) is 0. The number of hydrogen-bond acceptors (Lipinski definition) is 5. The maximum absolute atomic E-state index is 11.3. The third kappa shape index (κ3) is 6.41. The molecule has 0 saturated heterocycles. The second-order valence-corrected chi connectivity index (χ2v) is 3.78. The summed E-state index contributed by atoms with van der Waals surface area (Å²) in [7, 11) is 0. The first-order valence-electron chi connectivity index (χ1n) is 5.76. The molecule has 1 N–H and O–H groups in total. The molecule has 0 heterocycles. The van der Waals surface area contributed by atoms with Crippen LogP contribution in [0.1, 0.15) is 34.6 Å². The van der Waals surface area contributed by atoms with Crippen molar-refractivity contribution in [1.29, 1.82) is 0 Å². The van der Waals surface area contributed by atoms with Crippen LogP contribution in [0.5, 0.6) is 0 Å². The lowest BCUT2D eigenvalue weighted by Crippen LogP contribution is -2.52. The Bertz CT molecular complexity index is 259. The largest absolute Gasteiger partial charge is 0.443 e. The number of ether oxygens (including phenoxy) is 3. The second-order valence-electron chi connectivity index (χ2n) is 3.78. The predicted molar refractivity (Wildman–Crippen MR) is 65.2 cm³/mol. The van der Waals surface area contributed by atoms with Gasteiger partial charge in [0, 0.05) is 25.7 Å². The van der Waals surface area contributed by atoms with Gasteiger partial charge in [-0.1, -0.05) is 6.58 Å². The normalized spacial score (nSPS) is 13.2. The van der Waals surface area contributed by atoms with E-state index in [1.165, 1.54) is 0 Å². The van der Waals surface area contributed by atoms with Crippen LogP contribution in [0.4, 0.5) is 0 Å². The molecule has 0 saturated carbocycles. The molecule has 17 heavy (non-hydrogen) atoms. The Balaban J connectivity index is 4.34. The van der Waals surface area contributed by atoms with E-state index >= 15 is 0 Å².